The fourth-order valence-corrected chi connectivity index (χ4v) is 5.60. The molecule has 6 nitrogen and oxygen atoms in total. The number of benzene rings is 2. The fraction of sp³-hybridized carbons (Fsp3) is 0.381. The molecule has 0 atom stereocenters. The summed E-state index contributed by atoms with van der Waals surface area (Å²) in [5.74, 6) is -1.11. The van der Waals surface area contributed by atoms with Crippen molar-refractivity contribution >= 4 is 27.3 Å². The molecule has 0 spiro atoms. The first kappa shape index (κ1) is 22.5. The van der Waals surface area contributed by atoms with Gasteiger partial charge in [0.1, 0.15) is 5.82 Å². The summed E-state index contributed by atoms with van der Waals surface area (Å²) >= 11 is 0. The highest BCUT2D eigenvalue weighted by atomic mass is 32.2. The highest BCUT2D eigenvalue weighted by Crippen LogP contribution is 2.34. The van der Waals surface area contributed by atoms with E-state index in [0.717, 1.165) is 17.7 Å². The number of rotatable bonds is 3. The first-order valence-electron chi connectivity index (χ1n) is 10.0. The van der Waals surface area contributed by atoms with Crippen LogP contribution < -0.4 is 9.80 Å². The van der Waals surface area contributed by atoms with Crippen molar-refractivity contribution in [3.8, 4) is 0 Å². The Morgan fingerprint density at radius 3 is 2.28 bits per heavy atom. The zero-order valence-electron chi connectivity index (χ0n) is 17.2. The Hall–Kier alpha value is -2.66. The molecule has 2 aliphatic rings. The van der Waals surface area contributed by atoms with Crippen LogP contribution in [0.4, 0.5) is 28.9 Å². The highest BCUT2D eigenvalue weighted by Gasteiger charge is 2.34. The van der Waals surface area contributed by atoms with E-state index in [-0.39, 0.29) is 42.7 Å². The fourth-order valence-electron chi connectivity index (χ4n) is 4.12. The average Bonchev–Trinajstić information content (AvgIpc) is 3.16. The quantitative estimate of drug-likeness (QED) is 0.645. The molecule has 0 aliphatic carbocycles. The van der Waals surface area contributed by atoms with E-state index in [1.807, 2.05) is 0 Å². The Bertz CT molecular complexity index is 1160. The van der Waals surface area contributed by atoms with Crippen molar-refractivity contribution in [3.05, 3.63) is 53.3 Å². The molecule has 0 saturated carbocycles. The summed E-state index contributed by atoms with van der Waals surface area (Å²) < 4.78 is 80.2. The molecular formula is C21H21F4N3O3S. The van der Waals surface area contributed by atoms with Gasteiger partial charge < -0.3 is 9.80 Å². The molecule has 2 aromatic carbocycles. The van der Waals surface area contributed by atoms with E-state index in [0.29, 0.717) is 24.7 Å². The molecule has 2 aliphatic heterocycles. The summed E-state index contributed by atoms with van der Waals surface area (Å²) in [6.07, 6.45) is -4.11. The number of hydrogen-bond donors (Lipinski definition) is 0. The van der Waals surface area contributed by atoms with Crippen molar-refractivity contribution in [2.24, 2.45) is 0 Å². The summed E-state index contributed by atoms with van der Waals surface area (Å²) in [6.45, 7) is 2.32. The molecule has 0 radical (unpaired) electrons. The number of sulfonamides is 1. The number of fused-ring (bicyclic) bond motifs is 1. The van der Waals surface area contributed by atoms with Crippen molar-refractivity contribution in [2.45, 2.75) is 24.4 Å². The van der Waals surface area contributed by atoms with Crippen LogP contribution in [-0.2, 0) is 27.4 Å². The minimum atomic E-state index is -4.67. The van der Waals surface area contributed by atoms with E-state index in [1.165, 1.54) is 22.2 Å². The molecule has 0 aromatic heterocycles. The van der Waals surface area contributed by atoms with Gasteiger partial charge in [0.2, 0.25) is 15.9 Å². The number of anilines is 2. The number of carbonyl (C=O) groups excluding carboxylic acids is 1. The maximum atomic E-state index is 13.7. The second kappa shape index (κ2) is 8.04. The van der Waals surface area contributed by atoms with Crippen LogP contribution in [0.1, 0.15) is 18.1 Å². The van der Waals surface area contributed by atoms with Crippen LogP contribution in [0.3, 0.4) is 0 Å². The largest absolute Gasteiger partial charge is 0.416 e. The number of alkyl halides is 3. The number of carbonyl (C=O) groups is 1. The van der Waals surface area contributed by atoms with Crippen molar-refractivity contribution in [2.75, 3.05) is 42.5 Å². The van der Waals surface area contributed by atoms with E-state index in [1.54, 1.807) is 17.0 Å². The van der Waals surface area contributed by atoms with Crippen LogP contribution in [0.25, 0.3) is 0 Å². The Labute approximate surface area is 183 Å². The third-order valence-electron chi connectivity index (χ3n) is 5.78. The third kappa shape index (κ3) is 4.18. The van der Waals surface area contributed by atoms with Crippen molar-refractivity contribution < 1.29 is 30.8 Å². The van der Waals surface area contributed by atoms with Gasteiger partial charge in [0, 0.05) is 51.0 Å². The van der Waals surface area contributed by atoms with E-state index < -0.39 is 27.6 Å². The third-order valence-corrected chi connectivity index (χ3v) is 7.67. The van der Waals surface area contributed by atoms with Gasteiger partial charge in [-0.2, -0.15) is 17.5 Å². The maximum absolute atomic E-state index is 13.7. The van der Waals surface area contributed by atoms with Crippen LogP contribution in [0.15, 0.2) is 41.3 Å². The van der Waals surface area contributed by atoms with Crippen LogP contribution in [0.5, 0.6) is 0 Å². The van der Waals surface area contributed by atoms with E-state index in [9.17, 15) is 30.8 Å². The van der Waals surface area contributed by atoms with Crippen LogP contribution in [0.2, 0.25) is 0 Å². The molecule has 1 amide bonds. The molecular weight excluding hydrogens is 450 g/mol. The molecule has 2 heterocycles. The van der Waals surface area contributed by atoms with Crippen molar-refractivity contribution in [1.82, 2.24) is 4.31 Å². The summed E-state index contributed by atoms with van der Waals surface area (Å²) in [6, 6.07) is 6.98. The molecule has 0 bridgehead atoms. The highest BCUT2D eigenvalue weighted by molar-refractivity contribution is 7.89. The minimum absolute atomic E-state index is 0.0524. The van der Waals surface area contributed by atoms with Gasteiger partial charge in [-0.15, -0.1) is 0 Å². The number of halogens is 4. The minimum Gasteiger partial charge on any atom is -0.369 e. The average molecular weight is 471 g/mol. The van der Waals surface area contributed by atoms with Crippen molar-refractivity contribution in [1.29, 1.82) is 0 Å². The van der Waals surface area contributed by atoms with Gasteiger partial charge in [-0.25, -0.2) is 12.8 Å². The topological polar surface area (TPSA) is 60.9 Å². The lowest BCUT2D eigenvalue weighted by atomic mass is 10.1. The Morgan fingerprint density at radius 2 is 1.66 bits per heavy atom. The second-order valence-corrected chi connectivity index (χ2v) is 9.74. The van der Waals surface area contributed by atoms with E-state index >= 15 is 0 Å². The zero-order valence-corrected chi connectivity index (χ0v) is 18.0. The SMILES string of the molecule is CC(=O)N1CCc2cc(S(=O)(=O)N3CCN(c4cc(F)cc(C(F)(F)F)c4)CC3)ccc21. The van der Waals surface area contributed by atoms with Crippen LogP contribution in [-0.4, -0.2) is 51.4 Å². The summed E-state index contributed by atoms with van der Waals surface area (Å²) in [5.41, 5.74) is 0.462. The predicted octanol–water partition coefficient (Wildman–Crippen LogP) is 3.26. The lowest BCUT2D eigenvalue weighted by Gasteiger charge is -2.35. The molecule has 1 fully saturated rings. The second-order valence-electron chi connectivity index (χ2n) is 7.80. The molecule has 2 aromatic rings. The molecule has 172 valence electrons. The van der Waals surface area contributed by atoms with Gasteiger partial charge in [-0.05, 0) is 48.4 Å². The predicted molar refractivity (Wildman–Crippen MR) is 111 cm³/mol. The lowest BCUT2D eigenvalue weighted by Crippen LogP contribution is -2.48. The Balaban J connectivity index is 1.50. The van der Waals surface area contributed by atoms with Gasteiger partial charge in [0.15, 0.2) is 0 Å². The summed E-state index contributed by atoms with van der Waals surface area (Å²) in [7, 11) is -3.82. The lowest BCUT2D eigenvalue weighted by molar-refractivity contribution is -0.137. The molecule has 0 unspecified atom stereocenters. The Morgan fingerprint density at radius 1 is 0.969 bits per heavy atom. The zero-order chi connectivity index (χ0) is 23.3. The van der Waals surface area contributed by atoms with Gasteiger partial charge in [0.05, 0.1) is 10.5 Å². The molecule has 4 rings (SSSR count). The summed E-state index contributed by atoms with van der Waals surface area (Å²) in [4.78, 5) is 14.9. The van der Waals surface area contributed by atoms with Gasteiger partial charge in [-0.3, -0.25) is 4.79 Å². The normalized spacial score (nSPS) is 17.5. The van der Waals surface area contributed by atoms with E-state index in [2.05, 4.69) is 0 Å². The number of piperazine rings is 1. The number of amides is 1. The van der Waals surface area contributed by atoms with Crippen molar-refractivity contribution in [3.63, 3.8) is 0 Å². The van der Waals surface area contributed by atoms with Crippen LogP contribution in [0, 0.1) is 5.82 Å². The van der Waals surface area contributed by atoms with Gasteiger partial charge >= 0.3 is 6.18 Å². The van der Waals surface area contributed by atoms with Gasteiger partial charge in [-0.1, -0.05) is 0 Å². The smallest absolute Gasteiger partial charge is 0.369 e. The Kier molecular flexibility index (Phi) is 5.66. The van der Waals surface area contributed by atoms with E-state index in [4.69, 9.17) is 0 Å². The molecule has 11 heteroatoms. The first-order chi connectivity index (χ1) is 15.0. The number of hydrogen-bond acceptors (Lipinski definition) is 4. The first-order valence-corrected chi connectivity index (χ1v) is 11.4. The molecule has 32 heavy (non-hydrogen) atoms. The standard InChI is InChI=1S/C21H21F4N3O3S/c1-14(29)28-5-4-15-10-19(2-3-20(15)28)32(30,31)27-8-6-26(7-9-27)18-12-16(21(23,24)25)11-17(22)13-18/h2-3,10-13H,4-9H2,1H3. The number of nitrogens with zero attached hydrogens (tertiary/aromatic N) is 3. The summed E-state index contributed by atoms with van der Waals surface area (Å²) in [5, 5.41) is 0. The molecule has 1 saturated heterocycles. The maximum Gasteiger partial charge on any atom is 0.416 e. The van der Waals surface area contributed by atoms with Gasteiger partial charge in [0.25, 0.3) is 0 Å². The molecule has 0 N–H and O–H groups in total. The monoisotopic (exact) mass is 471 g/mol. The van der Waals surface area contributed by atoms with Crippen LogP contribution >= 0.6 is 0 Å².